The van der Waals surface area contributed by atoms with Gasteiger partial charge in [-0.05, 0) is 35.7 Å². The lowest BCUT2D eigenvalue weighted by Gasteiger charge is -2.12. The van der Waals surface area contributed by atoms with Gasteiger partial charge in [-0.1, -0.05) is 38.1 Å². The number of hydrogen-bond acceptors (Lipinski definition) is 3. The van der Waals surface area contributed by atoms with Crippen molar-refractivity contribution in [2.45, 2.75) is 26.3 Å². The number of rotatable bonds is 7. The van der Waals surface area contributed by atoms with Crippen molar-refractivity contribution < 1.29 is 14.3 Å². The maximum absolute atomic E-state index is 14.5. The summed E-state index contributed by atoms with van der Waals surface area (Å²) >= 11 is 0. The summed E-state index contributed by atoms with van der Waals surface area (Å²) in [6.45, 7) is 4.35. The number of carbonyl (C=O) groups is 1. The lowest BCUT2D eigenvalue weighted by atomic mass is 10.0. The minimum atomic E-state index is -0.945. The van der Waals surface area contributed by atoms with Gasteiger partial charge >= 0.3 is 5.97 Å². The van der Waals surface area contributed by atoms with Crippen molar-refractivity contribution in [2.75, 3.05) is 6.54 Å². The number of carboxylic acids is 1. The fourth-order valence-corrected chi connectivity index (χ4v) is 2.95. The van der Waals surface area contributed by atoms with Gasteiger partial charge in [0.1, 0.15) is 5.82 Å². The summed E-state index contributed by atoms with van der Waals surface area (Å²) in [7, 11) is 0. The second-order valence-electron chi connectivity index (χ2n) is 6.65. The molecule has 0 fully saturated rings. The molecule has 1 aromatic heterocycles. The SMILES string of the molecule is CC(C)c1ccc(-n2ncc(CNCC(=O)O)c2-c2ccccc2F)cc1. The first-order valence-electron chi connectivity index (χ1n) is 8.82. The number of nitrogens with one attached hydrogen (secondary N) is 1. The van der Waals surface area contributed by atoms with Crippen molar-refractivity contribution in [2.24, 2.45) is 0 Å². The van der Waals surface area contributed by atoms with E-state index in [0.717, 1.165) is 11.3 Å². The Morgan fingerprint density at radius 1 is 1.19 bits per heavy atom. The van der Waals surface area contributed by atoms with Gasteiger partial charge in [-0.25, -0.2) is 9.07 Å². The molecule has 27 heavy (non-hydrogen) atoms. The molecule has 3 rings (SSSR count). The molecule has 2 N–H and O–H groups in total. The largest absolute Gasteiger partial charge is 0.480 e. The molecule has 0 aliphatic rings. The lowest BCUT2D eigenvalue weighted by molar-refractivity contribution is -0.135. The Bertz CT molecular complexity index is 933. The molecule has 2 aromatic carbocycles. The third-order valence-electron chi connectivity index (χ3n) is 4.37. The topological polar surface area (TPSA) is 67.2 Å². The third-order valence-corrected chi connectivity index (χ3v) is 4.37. The van der Waals surface area contributed by atoms with E-state index in [9.17, 15) is 9.18 Å². The standard InChI is InChI=1S/C21H22FN3O2/c1-14(2)15-7-9-17(10-8-15)25-21(18-5-3-4-6-19(18)22)16(12-24-25)11-23-13-20(26)27/h3-10,12,14,23H,11,13H2,1-2H3,(H,26,27). The fourth-order valence-electron chi connectivity index (χ4n) is 2.95. The highest BCUT2D eigenvalue weighted by molar-refractivity contribution is 5.69. The average Bonchev–Trinajstić information content (AvgIpc) is 3.05. The quantitative estimate of drug-likeness (QED) is 0.663. The molecule has 0 radical (unpaired) electrons. The van der Waals surface area contributed by atoms with E-state index in [4.69, 9.17) is 5.11 Å². The zero-order valence-electron chi connectivity index (χ0n) is 15.3. The maximum Gasteiger partial charge on any atom is 0.317 e. The van der Waals surface area contributed by atoms with Crippen LogP contribution in [0.2, 0.25) is 0 Å². The van der Waals surface area contributed by atoms with Crippen molar-refractivity contribution in [3.05, 3.63) is 71.7 Å². The molecule has 6 heteroatoms. The molecular weight excluding hydrogens is 345 g/mol. The molecule has 140 valence electrons. The number of benzene rings is 2. The normalized spacial score (nSPS) is 11.1. The van der Waals surface area contributed by atoms with Gasteiger partial charge in [-0.2, -0.15) is 5.10 Å². The molecule has 0 spiro atoms. The van der Waals surface area contributed by atoms with Gasteiger partial charge in [0.05, 0.1) is 24.1 Å². The first kappa shape index (κ1) is 18.8. The Morgan fingerprint density at radius 2 is 1.89 bits per heavy atom. The van der Waals surface area contributed by atoms with Gasteiger partial charge in [-0.15, -0.1) is 0 Å². The Morgan fingerprint density at radius 3 is 2.52 bits per heavy atom. The Kier molecular flexibility index (Phi) is 5.66. The molecule has 0 saturated carbocycles. The summed E-state index contributed by atoms with van der Waals surface area (Å²) < 4.78 is 16.2. The second-order valence-corrected chi connectivity index (χ2v) is 6.65. The van der Waals surface area contributed by atoms with Crippen molar-refractivity contribution in [3.8, 4) is 16.9 Å². The number of hydrogen-bond donors (Lipinski definition) is 2. The van der Waals surface area contributed by atoms with Crippen LogP contribution < -0.4 is 5.32 Å². The molecule has 0 unspecified atom stereocenters. The van der Waals surface area contributed by atoms with E-state index in [1.165, 1.54) is 11.6 Å². The van der Waals surface area contributed by atoms with E-state index < -0.39 is 5.97 Å². The highest BCUT2D eigenvalue weighted by Crippen LogP contribution is 2.29. The van der Waals surface area contributed by atoms with Gasteiger partial charge in [0.25, 0.3) is 0 Å². The molecule has 0 aliphatic heterocycles. The van der Waals surface area contributed by atoms with E-state index in [-0.39, 0.29) is 18.9 Å². The Hall–Kier alpha value is -2.99. The van der Waals surface area contributed by atoms with Crippen molar-refractivity contribution in [3.63, 3.8) is 0 Å². The maximum atomic E-state index is 14.5. The van der Waals surface area contributed by atoms with Crippen LogP contribution in [0, 0.1) is 5.82 Å². The van der Waals surface area contributed by atoms with Crippen LogP contribution in [0.25, 0.3) is 16.9 Å². The van der Waals surface area contributed by atoms with Crippen LogP contribution in [0.5, 0.6) is 0 Å². The summed E-state index contributed by atoms with van der Waals surface area (Å²) in [4.78, 5) is 10.8. The summed E-state index contributed by atoms with van der Waals surface area (Å²) in [6, 6.07) is 14.5. The second kappa shape index (κ2) is 8.14. The van der Waals surface area contributed by atoms with E-state index in [1.54, 1.807) is 29.1 Å². The number of aliphatic carboxylic acids is 1. The smallest absolute Gasteiger partial charge is 0.317 e. The minimum absolute atomic E-state index is 0.176. The van der Waals surface area contributed by atoms with Crippen molar-refractivity contribution in [1.82, 2.24) is 15.1 Å². The predicted octanol–water partition coefficient (Wildman–Crippen LogP) is 3.98. The van der Waals surface area contributed by atoms with Crippen LogP contribution >= 0.6 is 0 Å². The predicted molar refractivity (Wildman–Crippen MR) is 102 cm³/mol. The zero-order chi connectivity index (χ0) is 19.4. The molecule has 0 amide bonds. The monoisotopic (exact) mass is 367 g/mol. The third kappa shape index (κ3) is 4.23. The van der Waals surface area contributed by atoms with Crippen molar-refractivity contribution in [1.29, 1.82) is 0 Å². The molecule has 5 nitrogen and oxygen atoms in total. The first-order chi connectivity index (χ1) is 13.0. The highest BCUT2D eigenvalue weighted by Gasteiger charge is 2.17. The van der Waals surface area contributed by atoms with Crippen LogP contribution in [-0.2, 0) is 11.3 Å². The number of aromatic nitrogens is 2. The van der Waals surface area contributed by atoms with E-state index in [1.807, 2.05) is 24.3 Å². The van der Waals surface area contributed by atoms with Crippen LogP contribution in [0.1, 0.15) is 30.9 Å². The Labute approximate surface area is 157 Å². The molecule has 0 aliphatic carbocycles. The molecule has 3 aromatic rings. The van der Waals surface area contributed by atoms with E-state index in [0.29, 0.717) is 17.2 Å². The van der Waals surface area contributed by atoms with Gasteiger partial charge < -0.3 is 10.4 Å². The van der Waals surface area contributed by atoms with Gasteiger partial charge in [0.2, 0.25) is 0 Å². The number of carboxylic acid groups (broad SMARTS) is 1. The van der Waals surface area contributed by atoms with Gasteiger partial charge in [0, 0.05) is 17.7 Å². The molecule has 0 saturated heterocycles. The molecular formula is C21H22FN3O2. The molecule has 0 bridgehead atoms. The van der Waals surface area contributed by atoms with Crippen LogP contribution in [-0.4, -0.2) is 27.4 Å². The lowest BCUT2D eigenvalue weighted by Crippen LogP contribution is -2.22. The summed E-state index contributed by atoms with van der Waals surface area (Å²) in [6.07, 6.45) is 1.65. The Balaban J connectivity index is 2.04. The summed E-state index contributed by atoms with van der Waals surface area (Å²) in [5.74, 6) is -0.880. The number of halogens is 1. The van der Waals surface area contributed by atoms with Crippen LogP contribution in [0.3, 0.4) is 0 Å². The van der Waals surface area contributed by atoms with Crippen LogP contribution in [0.4, 0.5) is 4.39 Å². The highest BCUT2D eigenvalue weighted by atomic mass is 19.1. The van der Waals surface area contributed by atoms with Crippen molar-refractivity contribution >= 4 is 5.97 Å². The molecule has 0 atom stereocenters. The number of nitrogens with zero attached hydrogens (tertiary/aromatic N) is 2. The summed E-state index contributed by atoms with van der Waals surface area (Å²) in [5.41, 5.74) is 3.80. The van der Waals surface area contributed by atoms with Gasteiger partial charge in [-0.3, -0.25) is 4.79 Å². The van der Waals surface area contributed by atoms with Crippen LogP contribution in [0.15, 0.2) is 54.7 Å². The van der Waals surface area contributed by atoms with E-state index in [2.05, 4.69) is 24.3 Å². The van der Waals surface area contributed by atoms with Gasteiger partial charge in [0.15, 0.2) is 0 Å². The zero-order valence-corrected chi connectivity index (χ0v) is 15.3. The average molecular weight is 367 g/mol. The molecule has 1 heterocycles. The van der Waals surface area contributed by atoms with E-state index >= 15 is 0 Å². The fraction of sp³-hybridized carbons (Fsp3) is 0.238. The minimum Gasteiger partial charge on any atom is -0.480 e. The first-order valence-corrected chi connectivity index (χ1v) is 8.82. The summed E-state index contributed by atoms with van der Waals surface area (Å²) in [5, 5.41) is 16.1.